The predicted octanol–water partition coefficient (Wildman–Crippen LogP) is 1.87. The van der Waals surface area contributed by atoms with Crippen molar-refractivity contribution >= 4 is 11.8 Å². The molecule has 1 saturated heterocycles. The lowest BCUT2D eigenvalue weighted by molar-refractivity contribution is -0.150. The van der Waals surface area contributed by atoms with E-state index in [2.05, 4.69) is 4.90 Å². The Hall–Kier alpha value is -2.28. The van der Waals surface area contributed by atoms with Crippen molar-refractivity contribution in [1.82, 2.24) is 4.90 Å². The molecule has 3 aliphatic heterocycles. The monoisotopic (exact) mass is 361 g/mol. The van der Waals surface area contributed by atoms with Crippen LogP contribution in [0.3, 0.4) is 0 Å². The normalized spacial score (nSPS) is 27.2. The lowest BCUT2D eigenvalue weighted by Gasteiger charge is -2.36. The van der Waals surface area contributed by atoms with Crippen molar-refractivity contribution in [2.45, 2.75) is 32.2 Å². The Morgan fingerprint density at radius 3 is 2.88 bits per heavy atom. The van der Waals surface area contributed by atoms with Gasteiger partial charge in [0.05, 0.1) is 13.7 Å². The highest BCUT2D eigenvalue weighted by molar-refractivity contribution is 6.04. The summed E-state index contributed by atoms with van der Waals surface area (Å²) in [7, 11) is 3.58. The van der Waals surface area contributed by atoms with E-state index < -0.39 is 11.4 Å². The molecular formula is C19H23NO6. The smallest absolute Gasteiger partial charge is 0.319 e. The van der Waals surface area contributed by atoms with Gasteiger partial charge in [0, 0.05) is 31.0 Å². The van der Waals surface area contributed by atoms with E-state index >= 15 is 0 Å². The number of hydrogen-bond donors (Lipinski definition) is 0. The fraction of sp³-hybridized carbons (Fsp3) is 0.579. The standard InChI is InChI=1S/C19H23NO6/c1-19(5-7-24-18(19)22)14(21)9-12-15-11(4-6-20(12)2)8-13-16(17(15)23-3)26-10-25-13/h8,12H,4-7,9-10H2,1-3H3/t12-,19+/m1/s1. The van der Waals surface area contributed by atoms with Gasteiger partial charge in [-0.2, -0.15) is 0 Å². The number of likely N-dealkylation sites (N-methyl/N-ethyl adjacent to an activating group) is 1. The zero-order valence-electron chi connectivity index (χ0n) is 15.3. The minimum absolute atomic E-state index is 0.0931. The second-order valence-electron chi connectivity index (χ2n) is 7.31. The molecule has 3 heterocycles. The fourth-order valence-electron chi connectivity index (χ4n) is 4.05. The second-order valence-corrected chi connectivity index (χ2v) is 7.31. The molecule has 0 radical (unpaired) electrons. The van der Waals surface area contributed by atoms with E-state index in [1.165, 1.54) is 0 Å². The summed E-state index contributed by atoms with van der Waals surface area (Å²) in [6.07, 6.45) is 1.50. The molecule has 26 heavy (non-hydrogen) atoms. The van der Waals surface area contributed by atoms with Gasteiger partial charge in [-0.3, -0.25) is 14.5 Å². The molecule has 1 aromatic carbocycles. The van der Waals surface area contributed by atoms with Crippen molar-refractivity contribution in [3.8, 4) is 17.2 Å². The first-order valence-electron chi connectivity index (χ1n) is 8.86. The summed E-state index contributed by atoms with van der Waals surface area (Å²) >= 11 is 0. The number of hydrogen-bond acceptors (Lipinski definition) is 7. The van der Waals surface area contributed by atoms with Gasteiger partial charge in [0.25, 0.3) is 0 Å². The van der Waals surface area contributed by atoms with Gasteiger partial charge in [0.15, 0.2) is 17.3 Å². The summed E-state index contributed by atoms with van der Waals surface area (Å²) in [5.74, 6) is 1.38. The Morgan fingerprint density at radius 2 is 2.19 bits per heavy atom. The largest absolute Gasteiger partial charge is 0.492 e. The van der Waals surface area contributed by atoms with Gasteiger partial charge in [-0.25, -0.2) is 0 Å². The maximum Gasteiger partial charge on any atom is 0.319 e. The molecule has 0 aliphatic carbocycles. The number of cyclic esters (lactones) is 1. The Balaban J connectivity index is 1.72. The molecule has 0 amide bonds. The average molecular weight is 361 g/mol. The van der Waals surface area contributed by atoms with Crippen LogP contribution in [-0.2, 0) is 20.7 Å². The van der Waals surface area contributed by atoms with Crippen molar-refractivity contribution in [1.29, 1.82) is 0 Å². The summed E-state index contributed by atoms with van der Waals surface area (Å²) in [5, 5.41) is 0. The molecular weight excluding hydrogens is 338 g/mol. The molecule has 1 aromatic rings. The molecule has 1 fully saturated rings. The summed E-state index contributed by atoms with van der Waals surface area (Å²) < 4.78 is 21.8. The van der Waals surface area contributed by atoms with Crippen LogP contribution in [0.15, 0.2) is 6.07 Å². The van der Waals surface area contributed by atoms with Crippen LogP contribution in [0, 0.1) is 5.41 Å². The maximum atomic E-state index is 13.0. The molecule has 4 rings (SSSR count). The zero-order valence-corrected chi connectivity index (χ0v) is 15.3. The van der Waals surface area contributed by atoms with Crippen LogP contribution in [0.4, 0.5) is 0 Å². The summed E-state index contributed by atoms with van der Waals surface area (Å²) in [4.78, 5) is 27.2. The quantitative estimate of drug-likeness (QED) is 0.599. The van der Waals surface area contributed by atoms with Crippen LogP contribution < -0.4 is 14.2 Å². The van der Waals surface area contributed by atoms with Crippen LogP contribution >= 0.6 is 0 Å². The number of esters is 1. The van der Waals surface area contributed by atoms with Crippen LogP contribution in [0.1, 0.15) is 36.9 Å². The highest BCUT2D eigenvalue weighted by Crippen LogP contribution is 2.50. The number of benzene rings is 1. The van der Waals surface area contributed by atoms with Gasteiger partial charge < -0.3 is 18.9 Å². The Morgan fingerprint density at radius 1 is 1.38 bits per heavy atom. The van der Waals surface area contributed by atoms with Gasteiger partial charge in [0.2, 0.25) is 12.5 Å². The average Bonchev–Trinajstić information content (AvgIpc) is 3.22. The third-order valence-electron chi connectivity index (χ3n) is 5.83. The number of nitrogens with zero attached hydrogens (tertiary/aromatic N) is 1. The van der Waals surface area contributed by atoms with Crippen molar-refractivity contribution in [3.63, 3.8) is 0 Å². The number of rotatable bonds is 4. The first-order chi connectivity index (χ1) is 12.5. The molecule has 7 heteroatoms. The topological polar surface area (TPSA) is 74.3 Å². The van der Waals surface area contributed by atoms with Gasteiger partial charge in [-0.05, 0) is 32.0 Å². The molecule has 140 valence electrons. The number of carbonyl (C=O) groups excluding carboxylic acids is 2. The molecule has 0 spiro atoms. The Kier molecular flexibility index (Phi) is 4.06. The number of fused-ring (bicyclic) bond motifs is 2. The van der Waals surface area contributed by atoms with Gasteiger partial charge in [-0.15, -0.1) is 0 Å². The van der Waals surface area contributed by atoms with Crippen molar-refractivity contribution < 1.29 is 28.5 Å². The number of ketones is 1. The summed E-state index contributed by atoms with van der Waals surface area (Å²) in [6.45, 7) is 2.97. The second kappa shape index (κ2) is 6.16. The van der Waals surface area contributed by atoms with Gasteiger partial charge in [-0.1, -0.05) is 0 Å². The van der Waals surface area contributed by atoms with Gasteiger partial charge >= 0.3 is 5.97 Å². The van der Waals surface area contributed by atoms with Crippen LogP contribution in [0.5, 0.6) is 17.2 Å². The maximum absolute atomic E-state index is 13.0. The third-order valence-corrected chi connectivity index (χ3v) is 5.83. The molecule has 0 saturated carbocycles. The Bertz CT molecular complexity index is 776. The molecule has 0 bridgehead atoms. The Labute approximate surface area is 152 Å². The van der Waals surface area contributed by atoms with Gasteiger partial charge in [0.1, 0.15) is 5.41 Å². The predicted molar refractivity (Wildman–Crippen MR) is 91.5 cm³/mol. The molecule has 2 atom stereocenters. The first kappa shape index (κ1) is 17.1. The van der Waals surface area contributed by atoms with Crippen molar-refractivity contribution in [3.05, 3.63) is 17.2 Å². The van der Waals surface area contributed by atoms with E-state index in [0.29, 0.717) is 30.3 Å². The zero-order chi connectivity index (χ0) is 18.5. The minimum Gasteiger partial charge on any atom is -0.492 e. The van der Waals surface area contributed by atoms with E-state index in [0.717, 1.165) is 24.1 Å². The first-order valence-corrected chi connectivity index (χ1v) is 8.86. The third kappa shape index (κ3) is 2.45. The van der Waals surface area contributed by atoms with Crippen molar-refractivity contribution in [2.24, 2.45) is 5.41 Å². The number of carbonyl (C=O) groups is 2. The molecule has 7 nitrogen and oxygen atoms in total. The summed E-state index contributed by atoms with van der Waals surface area (Å²) in [5.41, 5.74) is 0.997. The van der Waals surface area contributed by atoms with E-state index in [9.17, 15) is 9.59 Å². The number of Topliss-reactive ketones (excluding diaryl/α,β-unsaturated/α-hetero) is 1. The van der Waals surface area contributed by atoms with Crippen LogP contribution in [-0.4, -0.2) is 50.8 Å². The molecule has 0 N–H and O–H groups in total. The van der Waals surface area contributed by atoms with E-state index in [1.807, 2.05) is 13.1 Å². The van der Waals surface area contributed by atoms with Crippen LogP contribution in [0.25, 0.3) is 0 Å². The van der Waals surface area contributed by atoms with E-state index in [-0.39, 0.29) is 25.0 Å². The number of methoxy groups -OCH3 is 1. The SMILES string of the molecule is COc1c2c(cc3c1[C@@H](CC(=O)[C@]1(C)CCOC1=O)N(C)CC3)OCO2. The van der Waals surface area contributed by atoms with E-state index in [4.69, 9.17) is 18.9 Å². The minimum atomic E-state index is -1.05. The highest BCUT2D eigenvalue weighted by Gasteiger charge is 2.48. The molecule has 3 aliphatic rings. The van der Waals surface area contributed by atoms with E-state index in [1.54, 1.807) is 14.0 Å². The summed E-state index contributed by atoms with van der Waals surface area (Å²) in [6, 6.07) is 1.80. The molecule has 0 aromatic heterocycles. The lowest BCUT2D eigenvalue weighted by Crippen LogP contribution is -2.39. The van der Waals surface area contributed by atoms with Crippen molar-refractivity contribution in [2.75, 3.05) is 34.1 Å². The fourth-order valence-corrected chi connectivity index (χ4v) is 4.05. The molecule has 0 unspecified atom stereocenters. The highest BCUT2D eigenvalue weighted by atomic mass is 16.7. The lowest BCUT2D eigenvalue weighted by atomic mass is 9.79. The number of ether oxygens (including phenoxy) is 4. The van der Waals surface area contributed by atoms with Crippen LogP contribution in [0.2, 0.25) is 0 Å².